The zero-order valence-corrected chi connectivity index (χ0v) is 11.1. The molecule has 2 rings (SSSR count). The molecule has 3 unspecified atom stereocenters. The van der Waals surface area contributed by atoms with Crippen LogP contribution in [0.3, 0.4) is 0 Å². The van der Waals surface area contributed by atoms with E-state index in [9.17, 15) is 4.79 Å². The first-order valence-corrected chi connectivity index (χ1v) is 6.68. The van der Waals surface area contributed by atoms with Gasteiger partial charge in [-0.05, 0) is 31.6 Å². The van der Waals surface area contributed by atoms with E-state index in [1.54, 1.807) is 7.11 Å². The van der Waals surface area contributed by atoms with E-state index in [0.717, 1.165) is 32.4 Å². The lowest BCUT2D eigenvalue weighted by Gasteiger charge is -2.23. The van der Waals surface area contributed by atoms with Gasteiger partial charge < -0.3 is 9.64 Å². The minimum atomic E-state index is 0.0385. The van der Waals surface area contributed by atoms with Crippen LogP contribution in [0.4, 0.5) is 0 Å². The van der Waals surface area contributed by atoms with Crippen molar-refractivity contribution in [2.75, 3.05) is 13.8 Å². The first kappa shape index (κ1) is 12.8. The summed E-state index contributed by atoms with van der Waals surface area (Å²) in [7, 11) is 1.76. The van der Waals surface area contributed by atoms with Gasteiger partial charge in [0.1, 0.15) is 0 Å². The average Bonchev–Trinajstić information content (AvgIpc) is 2.86. The van der Waals surface area contributed by atoms with Crippen LogP contribution >= 0.6 is 0 Å². The van der Waals surface area contributed by atoms with Crippen molar-refractivity contribution in [2.45, 2.75) is 57.7 Å². The highest BCUT2D eigenvalue weighted by atomic mass is 16.5. The van der Waals surface area contributed by atoms with Crippen LogP contribution in [0, 0.1) is 5.92 Å². The molecule has 0 aromatic carbocycles. The molecule has 1 amide bonds. The number of nitrogens with zero attached hydrogens (tertiary/aromatic N) is 1. The summed E-state index contributed by atoms with van der Waals surface area (Å²) in [5, 5.41) is 3.33. The first-order chi connectivity index (χ1) is 8.11. The van der Waals surface area contributed by atoms with E-state index < -0.39 is 0 Å². The molecular formula is C13H24N2O2. The van der Waals surface area contributed by atoms with E-state index in [1.165, 1.54) is 0 Å². The molecule has 2 fully saturated rings. The Hall–Kier alpha value is -0.610. The van der Waals surface area contributed by atoms with Crippen LogP contribution in [-0.4, -0.2) is 42.8 Å². The standard InChI is InChI=1S/C13H24N2O2/c1-9(2)6-12-13(16)15(8-14-12)10-4-5-11(7-10)17-3/h9-12,14H,4-8H2,1-3H3. The smallest absolute Gasteiger partial charge is 0.241 e. The van der Waals surface area contributed by atoms with Crippen molar-refractivity contribution in [1.82, 2.24) is 10.2 Å². The number of amides is 1. The lowest BCUT2D eigenvalue weighted by Crippen LogP contribution is -2.37. The van der Waals surface area contributed by atoms with Crippen molar-refractivity contribution in [2.24, 2.45) is 5.92 Å². The average molecular weight is 240 g/mol. The number of nitrogens with one attached hydrogen (secondary N) is 1. The summed E-state index contributed by atoms with van der Waals surface area (Å²) >= 11 is 0. The Morgan fingerprint density at radius 2 is 2.24 bits per heavy atom. The predicted molar refractivity (Wildman–Crippen MR) is 66.5 cm³/mol. The Bertz CT molecular complexity index is 281. The molecule has 98 valence electrons. The van der Waals surface area contributed by atoms with Crippen molar-refractivity contribution in [3.63, 3.8) is 0 Å². The lowest BCUT2D eigenvalue weighted by molar-refractivity contribution is -0.131. The van der Waals surface area contributed by atoms with Gasteiger partial charge in [-0.1, -0.05) is 13.8 Å². The Balaban J connectivity index is 1.89. The van der Waals surface area contributed by atoms with Gasteiger partial charge in [0.15, 0.2) is 0 Å². The van der Waals surface area contributed by atoms with Gasteiger partial charge in [0.05, 0.1) is 18.8 Å². The number of hydrogen-bond donors (Lipinski definition) is 1. The Morgan fingerprint density at radius 3 is 2.82 bits per heavy atom. The molecule has 4 heteroatoms. The maximum Gasteiger partial charge on any atom is 0.241 e. The fourth-order valence-corrected chi connectivity index (χ4v) is 2.95. The maximum atomic E-state index is 12.2. The predicted octanol–water partition coefficient (Wildman–Crippen LogP) is 1.36. The lowest BCUT2D eigenvalue weighted by atomic mass is 10.0. The topological polar surface area (TPSA) is 41.6 Å². The summed E-state index contributed by atoms with van der Waals surface area (Å²) in [5.41, 5.74) is 0. The molecule has 1 heterocycles. The minimum Gasteiger partial charge on any atom is -0.381 e. The molecule has 1 aliphatic carbocycles. The third kappa shape index (κ3) is 2.80. The molecular weight excluding hydrogens is 216 g/mol. The number of ether oxygens (including phenoxy) is 1. The number of methoxy groups -OCH3 is 1. The largest absolute Gasteiger partial charge is 0.381 e. The van der Waals surface area contributed by atoms with Crippen molar-refractivity contribution in [3.05, 3.63) is 0 Å². The van der Waals surface area contributed by atoms with Crippen LogP contribution in [-0.2, 0) is 9.53 Å². The van der Waals surface area contributed by atoms with Crippen molar-refractivity contribution in [1.29, 1.82) is 0 Å². The fraction of sp³-hybridized carbons (Fsp3) is 0.923. The van der Waals surface area contributed by atoms with Crippen LogP contribution in [0.2, 0.25) is 0 Å². The van der Waals surface area contributed by atoms with E-state index >= 15 is 0 Å². The van der Waals surface area contributed by atoms with E-state index in [4.69, 9.17) is 4.74 Å². The number of carbonyl (C=O) groups excluding carboxylic acids is 1. The van der Waals surface area contributed by atoms with Crippen molar-refractivity contribution in [3.8, 4) is 0 Å². The number of rotatable bonds is 4. The molecule has 2 aliphatic rings. The van der Waals surface area contributed by atoms with Gasteiger partial charge >= 0.3 is 0 Å². The van der Waals surface area contributed by atoms with E-state index in [0.29, 0.717) is 24.0 Å². The summed E-state index contributed by atoms with van der Waals surface area (Å²) < 4.78 is 5.37. The third-order valence-corrected chi connectivity index (χ3v) is 3.93. The minimum absolute atomic E-state index is 0.0385. The highest BCUT2D eigenvalue weighted by Gasteiger charge is 2.38. The molecule has 4 nitrogen and oxygen atoms in total. The van der Waals surface area contributed by atoms with Crippen LogP contribution in [0.1, 0.15) is 39.5 Å². The van der Waals surface area contributed by atoms with Crippen LogP contribution in [0.25, 0.3) is 0 Å². The van der Waals surface area contributed by atoms with Crippen LogP contribution in [0.15, 0.2) is 0 Å². The Kier molecular flexibility index (Phi) is 4.05. The Labute approximate surface area is 104 Å². The second-order valence-electron chi connectivity index (χ2n) is 5.68. The van der Waals surface area contributed by atoms with Crippen molar-refractivity contribution >= 4 is 5.91 Å². The molecule has 0 spiro atoms. The first-order valence-electron chi connectivity index (χ1n) is 6.68. The summed E-state index contributed by atoms with van der Waals surface area (Å²) in [6.07, 6.45) is 4.45. The fourth-order valence-electron chi connectivity index (χ4n) is 2.95. The SMILES string of the molecule is COC1CCC(N2CNC(CC(C)C)C2=O)C1. The molecule has 0 bridgehead atoms. The number of carbonyl (C=O) groups is 1. The van der Waals surface area contributed by atoms with Gasteiger partial charge in [-0.15, -0.1) is 0 Å². The molecule has 0 aromatic rings. The molecule has 1 saturated carbocycles. The van der Waals surface area contributed by atoms with Gasteiger partial charge in [0.25, 0.3) is 0 Å². The van der Waals surface area contributed by atoms with E-state index in [2.05, 4.69) is 19.2 Å². The summed E-state index contributed by atoms with van der Waals surface area (Å²) in [4.78, 5) is 14.3. The van der Waals surface area contributed by atoms with Crippen LogP contribution in [0.5, 0.6) is 0 Å². The van der Waals surface area contributed by atoms with E-state index in [1.807, 2.05) is 4.90 Å². The summed E-state index contributed by atoms with van der Waals surface area (Å²) in [5.74, 6) is 0.854. The third-order valence-electron chi connectivity index (χ3n) is 3.93. The quantitative estimate of drug-likeness (QED) is 0.806. The molecule has 1 aliphatic heterocycles. The Morgan fingerprint density at radius 1 is 1.47 bits per heavy atom. The van der Waals surface area contributed by atoms with Gasteiger partial charge in [0, 0.05) is 13.2 Å². The zero-order valence-electron chi connectivity index (χ0n) is 11.1. The molecule has 1 saturated heterocycles. The molecule has 0 aromatic heterocycles. The summed E-state index contributed by atoms with van der Waals surface area (Å²) in [6, 6.07) is 0.425. The van der Waals surface area contributed by atoms with Gasteiger partial charge in [-0.3, -0.25) is 10.1 Å². The highest BCUT2D eigenvalue weighted by Crippen LogP contribution is 2.28. The molecule has 1 N–H and O–H groups in total. The maximum absolute atomic E-state index is 12.2. The van der Waals surface area contributed by atoms with Crippen LogP contribution < -0.4 is 5.32 Å². The zero-order chi connectivity index (χ0) is 12.4. The normalized spacial score (nSPS) is 34.0. The molecule has 0 radical (unpaired) electrons. The second-order valence-corrected chi connectivity index (χ2v) is 5.68. The van der Waals surface area contributed by atoms with Gasteiger partial charge in [-0.25, -0.2) is 0 Å². The van der Waals surface area contributed by atoms with Gasteiger partial charge in [-0.2, -0.15) is 0 Å². The monoisotopic (exact) mass is 240 g/mol. The number of hydrogen-bond acceptors (Lipinski definition) is 3. The molecule has 3 atom stereocenters. The summed E-state index contributed by atoms with van der Waals surface area (Å²) in [6.45, 7) is 5.04. The van der Waals surface area contributed by atoms with E-state index in [-0.39, 0.29) is 6.04 Å². The van der Waals surface area contributed by atoms with Crippen molar-refractivity contribution < 1.29 is 9.53 Å². The molecule has 17 heavy (non-hydrogen) atoms. The second kappa shape index (κ2) is 5.36. The van der Waals surface area contributed by atoms with Gasteiger partial charge in [0.2, 0.25) is 5.91 Å². The highest BCUT2D eigenvalue weighted by molar-refractivity contribution is 5.84.